The lowest BCUT2D eigenvalue weighted by atomic mass is 10.4. The largest absolute Gasteiger partial charge is 0.346 e. The first-order chi connectivity index (χ1) is 8.42. The van der Waals surface area contributed by atoms with Crippen molar-refractivity contribution in [3.05, 3.63) is 24.9 Å². The van der Waals surface area contributed by atoms with E-state index in [0.29, 0.717) is 5.70 Å². The molecule has 0 heterocycles. The molecule has 3 amide bonds. The van der Waals surface area contributed by atoms with Gasteiger partial charge in [-0.05, 0) is 6.08 Å². The van der Waals surface area contributed by atoms with Crippen molar-refractivity contribution in [2.45, 2.75) is 0 Å². The van der Waals surface area contributed by atoms with Crippen LogP contribution in [0.3, 0.4) is 0 Å². The van der Waals surface area contributed by atoms with Crippen LogP contribution in [0.4, 0.5) is 0 Å². The van der Waals surface area contributed by atoms with E-state index in [4.69, 9.17) is 5.73 Å². The summed E-state index contributed by atoms with van der Waals surface area (Å²) in [6.45, 7) is 6.49. The maximum Gasteiger partial charge on any atom is 0.246 e. The molecule has 7 heteroatoms. The van der Waals surface area contributed by atoms with Gasteiger partial charge in [-0.1, -0.05) is 13.2 Å². The van der Waals surface area contributed by atoms with E-state index in [1.165, 1.54) is 18.0 Å². The highest BCUT2D eigenvalue weighted by molar-refractivity contribution is 5.89. The third-order valence-electron chi connectivity index (χ3n) is 2.11. The van der Waals surface area contributed by atoms with Gasteiger partial charge >= 0.3 is 0 Å². The molecular weight excluding hydrogens is 236 g/mol. The molecule has 0 unspecified atom stereocenters. The number of hydrogen-bond donors (Lipinski definition) is 3. The van der Waals surface area contributed by atoms with Crippen molar-refractivity contribution in [3.63, 3.8) is 0 Å². The van der Waals surface area contributed by atoms with Gasteiger partial charge in [-0.2, -0.15) is 0 Å². The fourth-order valence-corrected chi connectivity index (χ4v) is 0.903. The smallest absolute Gasteiger partial charge is 0.246 e. The van der Waals surface area contributed by atoms with Gasteiger partial charge in [-0.3, -0.25) is 14.4 Å². The molecule has 0 aromatic heterocycles. The Balaban J connectivity index is 3.98. The van der Waals surface area contributed by atoms with Crippen LogP contribution in [-0.4, -0.2) is 49.3 Å². The number of carbonyl (C=O) groups is 3. The highest BCUT2D eigenvalue weighted by Crippen LogP contribution is 1.98. The Labute approximate surface area is 106 Å². The summed E-state index contributed by atoms with van der Waals surface area (Å²) in [4.78, 5) is 34.8. The normalized spacial score (nSPS) is 9.22. The number of allylic oxidation sites excluding steroid dienone is 1. The van der Waals surface area contributed by atoms with Crippen LogP contribution in [0.25, 0.3) is 0 Å². The maximum atomic E-state index is 11.5. The molecule has 0 fully saturated rings. The summed E-state index contributed by atoms with van der Waals surface area (Å²) < 4.78 is 0. The Kier molecular flexibility index (Phi) is 7.06. The zero-order valence-electron chi connectivity index (χ0n) is 10.4. The average Bonchev–Trinajstić information content (AvgIpc) is 2.39. The second kappa shape index (κ2) is 8.02. The van der Waals surface area contributed by atoms with E-state index in [0.717, 1.165) is 0 Å². The molecule has 100 valence electrons. The van der Waals surface area contributed by atoms with Gasteiger partial charge in [-0.15, -0.1) is 0 Å². The van der Waals surface area contributed by atoms with Crippen LogP contribution in [0, 0.1) is 0 Å². The number of nitrogens with zero attached hydrogens (tertiary/aromatic N) is 1. The van der Waals surface area contributed by atoms with Crippen LogP contribution < -0.4 is 16.4 Å². The highest BCUT2D eigenvalue weighted by Gasteiger charge is 2.11. The van der Waals surface area contributed by atoms with Gasteiger partial charge < -0.3 is 21.3 Å². The molecule has 0 rings (SSSR count). The first-order valence-electron chi connectivity index (χ1n) is 5.23. The molecular formula is C11H18N4O3. The number of amides is 3. The van der Waals surface area contributed by atoms with E-state index in [9.17, 15) is 14.4 Å². The molecule has 7 nitrogen and oxygen atoms in total. The van der Waals surface area contributed by atoms with Gasteiger partial charge in [0.25, 0.3) is 0 Å². The van der Waals surface area contributed by atoms with Gasteiger partial charge in [0, 0.05) is 12.7 Å². The fourth-order valence-electron chi connectivity index (χ4n) is 0.903. The third kappa shape index (κ3) is 5.80. The lowest BCUT2D eigenvalue weighted by Crippen LogP contribution is -2.43. The first kappa shape index (κ1) is 15.9. The van der Waals surface area contributed by atoms with E-state index in [1.54, 1.807) is 0 Å². The second-order valence-corrected chi connectivity index (χ2v) is 3.41. The molecule has 0 aliphatic rings. The fraction of sp³-hybridized carbons (Fsp3) is 0.364. The van der Waals surface area contributed by atoms with E-state index >= 15 is 0 Å². The quantitative estimate of drug-likeness (QED) is 0.473. The van der Waals surface area contributed by atoms with Gasteiger partial charge in [0.1, 0.15) is 0 Å². The minimum Gasteiger partial charge on any atom is -0.346 e. The van der Waals surface area contributed by atoms with E-state index < -0.39 is 11.8 Å². The Bertz CT molecular complexity index is 365. The second-order valence-electron chi connectivity index (χ2n) is 3.41. The average molecular weight is 254 g/mol. The van der Waals surface area contributed by atoms with Crippen molar-refractivity contribution in [1.82, 2.24) is 15.5 Å². The topological polar surface area (TPSA) is 105 Å². The van der Waals surface area contributed by atoms with E-state index in [-0.39, 0.29) is 25.5 Å². The van der Waals surface area contributed by atoms with Crippen molar-refractivity contribution in [2.24, 2.45) is 5.73 Å². The van der Waals surface area contributed by atoms with Crippen molar-refractivity contribution in [1.29, 1.82) is 0 Å². The molecule has 4 N–H and O–H groups in total. The van der Waals surface area contributed by atoms with Crippen molar-refractivity contribution >= 4 is 17.7 Å². The van der Waals surface area contributed by atoms with Gasteiger partial charge in [-0.25, -0.2) is 0 Å². The van der Waals surface area contributed by atoms with E-state index in [1.807, 2.05) is 0 Å². The minimum absolute atomic E-state index is 0.180. The number of hydrogen-bond acceptors (Lipinski definition) is 4. The Hall–Kier alpha value is -2.15. The number of nitrogens with one attached hydrogen (secondary N) is 2. The van der Waals surface area contributed by atoms with E-state index in [2.05, 4.69) is 23.8 Å². The zero-order valence-corrected chi connectivity index (χ0v) is 10.4. The molecule has 0 aromatic carbocycles. The lowest BCUT2D eigenvalue weighted by Gasteiger charge is -2.17. The molecule has 0 atom stereocenters. The Morgan fingerprint density at radius 1 is 1.22 bits per heavy atom. The molecule has 0 aliphatic heterocycles. The van der Waals surface area contributed by atoms with Crippen LogP contribution in [-0.2, 0) is 14.4 Å². The summed E-state index contributed by atoms with van der Waals surface area (Å²) in [7, 11) is 1.52. The summed E-state index contributed by atoms with van der Waals surface area (Å²) in [6.07, 6.45) is 1.43. The molecule has 0 aromatic rings. The summed E-state index contributed by atoms with van der Waals surface area (Å²) in [6, 6.07) is 0. The summed E-state index contributed by atoms with van der Waals surface area (Å²) in [5.74, 6) is -1.24. The highest BCUT2D eigenvalue weighted by atomic mass is 16.2. The Morgan fingerprint density at radius 3 is 2.28 bits per heavy atom. The molecule has 0 saturated heterocycles. The number of carbonyl (C=O) groups excluding carboxylic acids is 3. The molecule has 0 bridgehead atoms. The van der Waals surface area contributed by atoms with Crippen LogP contribution in [0.1, 0.15) is 0 Å². The van der Waals surface area contributed by atoms with Crippen LogP contribution >= 0.6 is 0 Å². The van der Waals surface area contributed by atoms with Gasteiger partial charge in [0.2, 0.25) is 17.7 Å². The summed E-state index contributed by atoms with van der Waals surface area (Å²) >= 11 is 0. The number of likely N-dealkylation sites (N-methyl/N-ethyl adjacent to an activating group) is 1. The standard InChI is InChI=1S/C11H18N4O3/c1-4-8(2)15(3)11(18)7-14-10(17)6-13-9(16)5-12/h4H,1-2,5-7,12H2,3H3,(H,13,16)(H,14,17). The zero-order chi connectivity index (χ0) is 14.1. The van der Waals surface area contributed by atoms with Crippen LogP contribution in [0.5, 0.6) is 0 Å². The molecule has 0 aliphatic carbocycles. The van der Waals surface area contributed by atoms with Gasteiger partial charge in [0.05, 0.1) is 19.6 Å². The third-order valence-corrected chi connectivity index (χ3v) is 2.11. The molecule has 0 radical (unpaired) electrons. The monoisotopic (exact) mass is 254 g/mol. The summed E-state index contributed by atoms with van der Waals surface area (Å²) in [5.41, 5.74) is 5.48. The number of rotatable bonds is 7. The lowest BCUT2D eigenvalue weighted by molar-refractivity contribution is -0.130. The number of nitrogens with two attached hydrogens (primary N) is 1. The maximum absolute atomic E-state index is 11.5. The predicted molar refractivity (Wildman–Crippen MR) is 67.2 cm³/mol. The van der Waals surface area contributed by atoms with Crippen LogP contribution in [0.2, 0.25) is 0 Å². The first-order valence-corrected chi connectivity index (χ1v) is 5.23. The van der Waals surface area contributed by atoms with Gasteiger partial charge in [0.15, 0.2) is 0 Å². The van der Waals surface area contributed by atoms with Crippen molar-refractivity contribution in [2.75, 3.05) is 26.7 Å². The molecule has 18 heavy (non-hydrogen) atoms. The summed E-state index contributed by atoms with van der Waals surface area (Å²) in [5, 5.41) is 4.65. The van der Waals surface area contributed by atoms with Crippen molar-refractivity contribution < 1.29 is 14.4 Å². The Morgan fingerprint density at radius 2 is 1.78 bits per heavy atom. The minimum atomic E-state index is -0.470. The molecule has 0 spiro atoms. The predicted octanol–water partition coefficient (Wildman–Crippen LogP) is -1.66. The van der Waals surface area contributed by atoms with Crippen LogP contribution in [0.15, 0.2) is 24.9 Å². The SMILES string of the molecule is C=CC(=C)N(C)C(=O)CNC(=O)CNC(=O)CN. The van der Waals surface area contributed by atoms with Crippen molar-refractivity contribution in [3.8, 4) is 0 Å². The molecule has 0 saturated carbocycles.